The van der Waals surface area contributed by atoms with E-state index in [-0.39, 0.29) is 41.7 Å². The molecule has 3 amide bonds. The van der Waals surface area contributed by atoms with Crippen molar-refractivity contribution in [2.24, 2.45) is 11.3 Å². The molecule has 2 aliphatic heterocycles. The largest absolute Gasteiger partial charge is 0.467 e. The first-order valence-electron chi connectivity index (χ1n) is 16.5. The Morgan fingerprint density at radius 1 is 0.956 bits per heavy atom. The number of nitrogens with one attached hydrogen (secondary N) is 2. The van der Waals surface area contributed by atoms with Gasteiger partial charge in [0.05, 0.1) is 19.2 Å². The minimum absolute atomic E-state index is 0.0316. The molecular weight excluding hydrogens is 570 g/mol. The summed E-state index contributed by atoms with van der Waals surface area (Å²) in [6.07, 6.45) is 2.99. The van der Waals surface area contributed by atoms with Crippen LogP contribution >= 0.6 is 0 Å². The van der Waals surface area contributed by atoms with E-state index < -0.39 is 29.0 Å². The van der Waals surface area contributed by atoms with Crippen LogP contribution in [0.5, 0.6) is 0 Å². The summed E-state index contributed by atoms with van der Waals surface area (Å²) in [4.78, 5) is 59.9. The average molecular weight is 628 g/mol. The third-order valence-electron chi connectivity index (χ3n) is 9.88. The van der Waals surface area contributed by atoms with E-state index in [1.165, 1.54) is 7.11 Å². The van der Waals surface area contributed by atoms with Crippen molar-refractivity contribution in [2.75, 3.05) is 40.8 Å². The second-order valence-electron chi connectivity index (χ2n) is 14.7. The van der Waals surface area contributed by atoms with Crippen LogP contribution < -0.4 is 10.6 Å². The Hall–Kier alpha value is -2.98. The average Bonchev–Trinajstić information content (AvgIpc) is 3.67. The van der Waals surface area contributed by atoms with E-state index >= 15 is 0 Å². The maximum atomic E-state index is 14.3. The predicted octanol–water partition coefficient (Wildman–Crippen LogP) is 3.19. The van der Waals surface area contributed by atoms with Crippen LogP contribution in [-0.4, -0.2) is 109 Å². The van der Waals surface area contributed by atoms with Crippen LogP contribution in [0.2, 0.25) is 0 Å². The van der Waals surface area contributed by atoms with Crippen LogP contribution in [0.3, 0.4) is 0 Å². The van der Waals surface area contributed by atoms with Crippen molar-refractivity contribution in [1.82, 2.24) is 25.3 Å². The highest BCUT2D eigenvalue weighted by atomic mass is 16.5. The van der Waals surface area contributed by atoms with Crippen molar-refractivity contribution < 1.29 is 23.9 Å². The molecule has 0 bridgehead atoms. The predicted molar refractivity (Wildman–Crippen MR) is 176 cm³/mol. The highest BCUT2D eigenvalue weighted by Crippen LogP contribution is 2.30. The summed E-state index contributed by atoms with van der Waals surface area (Å²) in [7, 11) is 4.94. The van der Waals surface area contributed by atoms with Gasteiger partial charge in [-0.05, 0) is 56.2 Å². The molecule has 2 fully saturated rings. The fourth-order valence-corrected chi connectivity index (χ4v) is 7.04. The van der Waals surface area contributed by atoms with Crippen molar-refractivity contribution in [3.05, 3.63) is 35.9 Å². The lowest BCUT2D eigenvalue weighted by molar-refractivity contribution is -0.152. The number of nitrogens with zero attached hydrogens (tertiary/aromatic N) is 3. The SMILES string of the molecule is CNC(C(=O)N[C@H](C(=O)N(C)[C@H](CN1CCC[C@H]1C(=O)N1CCC[C@H]1C(=O)OC)C(C)C)C(C)(C)C)C(C)(C)c1ccccc1. The van der Waals surface area contributed by atoms with Gasteiger partial charge in [-0.2, -0.15) is 0 Å². The molecule has 0 radical (unpaired) electrons. The molecule has 2 N–H and O–H groups in total. The molecule has 45 heavy (non-hydrogen) atoms. The molecule has 1 aromatic carbocycles. The molecule has 1 aromatic rings. The van der Waals surface area contributed by atoms with Gasteiger partial charge in [0.15, 0.2) is 0 Å². The number of carbonyl (C=O) groups is 4. The van der Waals surface area contributed by atoms with Gasteiger partial charge < -0.3 is 25.2 Å². The van der Waals surface area contributed by atoms with Crippen molar-refractivity contribution in [3.8, 4) is 0 Å². The van der Waals surface area contributed by atoms with Crippen molar-refractivity contribution in [1.29, 1.82) is 0 Å². The number of benzene rings is 1. The summed E-state index contributed by atoms with van der Waals surface area (Å²) in [5, 5.41) is 6.32. The van der Waals surface area contributed by atoms with Gasteiger partial charge in [0.2, 0.25) is 17.7 Å². The summed E-state index contributed by atoms with van der Waals surface area (Å²) >= 11 is 0. The maximum Gasteiger partial charge on any atom is 0.328 e. The van der Waals surface area contributed by atoms with E-state index in [0.717, 1.165) is 31.4 Å². The monoisotopic (exact) mass is 627 g/mol. The maximum absolute atomic E-state index is 14.3. The number of amides is 3. The van der Waals surface area contributed by atoms with Gasteiger partial charge in [-0.3, -0.25) is 19.3 Å². The summed E-state index contributed by atoms with van der Waals surface area (Å²) in [6, 6.07) is 7.52. The molecule has 252 valence electrons. The highest BCUT2D eigenvalue weighted by Gasteiger charge is 2.44. The topological polar surface area (TPSA) is 111 Å². The van der Waals surface area contributed by atoms with Crippen LogP contribution in [-0.2, 0) is 29.3 Å². The van der Waals surface area contributed by atoms with E-state index in [2.05, 4.69) is 29.4 Å². The first-order chi connectivity index (χ1) is 21.1. The van der Waals surface area contributed by atoms with Gasteiger partial charge in [-0.15, -0.1) is 0 Å². The number of hydrogen-bond acceptors (Lipinski definition) is 7. The number of methoxy groups -OCH3 is 1. The molecule has 1 unspecified atom stereocenters. The molecule has 0 spiro atoms. The van der Waals surface area contributed by atoms with Gasteiger partial charge >= 0.3 is 5.97 Å². The number of likely N-dealkylation sites (tertiary alicyclic amines) is 2. The Bertz CT molecular complexity index is 1180. The zero-order valence-corrected chi connectivity index (χ0v) is 29.2. The third kappa shape index (κ3) is 8.25. The van der Waals surface area contributed by atoms with Crippen molar-refractivity contribution >= 4 is 23.7 Å². The van der Waals surface area contributed by atoms with Crippen LogP contribution in [0.1, 0.15) is 79.7 Å². The second kappa shape index (κ2) is 15.1. The van der Waals surface area contributed by atoms with Crippen LogP contribution in [0, 0.1) is 11.3 Å². The molecule has 2 saturated heterocycles. The molecule has 0 aromatic heterocycles. The second-order valence-corrected chi connectivity index (χ2v) is 14.7. The first-order valence-corrected chi connectivity index (χ1v) is 16.5. The summed E-state index contributed by atoms with van der Waals surface area (Å²) in [5.74, 6) is -0.683. The minimum atomic E-state index is -0.764. The first kappa shape index (κ1) is 36.5. The van der Waals surface area contributed by atoms with Crippen molar-refractivity contribution in [3.63, 3.8) is 0 Å². The molecule has 10 heteroatoms. The number of likely N-dealkylation sites (N-methyl/N-ethyl adjacent to an activating group) is 2. The standard InChI is InChI=1S/C35H57N5O5/c1-23(2)27(22-39-20-14-18-25(39)31(42)40-21-15-19-26(40)33(44)45-10)38(9)32(43)29(34(3,4)5)37-30(41)28(36-8)35(6,7)24-16-12-11-13-17-24/h11-13,16-17,23,25-29,36H,14-15,18-22H2,1-10H3,(H,37,41)/t25-,26-,27+,28?,29+/m0/s1. The third-order valence-corrected chi connectivity index (χ3v) is 9.88. The lowest BCUT2D eigenvalue weighted by Crippen LogP contribution is -2.62. The molecule has 2 aliphatic rings. The van der Waals surface area contributed by atoms with Gasteiger partial charge in [0.1, 0.15) is 12.1 Å². The summed E-state index contributed by atoms with van der Waals surface area (Å²) in [6.45, 7) is 15.9. The Morgan fingerprint density at radius 3 is 2.11 bits per heavy atom. The molecule has 0 aliphatic carbocycles. The van der Waals surface area contributed by atoms with E-state index in [9.17, 15) is 19.2 Å². The Kier molecular flexibility index (Phi) is 12.2. The zero-order chi connectivity index (χ0) is 33.7. The van der Waals surface area contributed by atoms with E-state index in [1.54, 1.807) is 16.8 Å². The molecule has 3 rings (SSSR count). The van der Waals surface area contributed by atoms with E-state index in [0.29, 0.717) is 19.5 Å². The number of rotatable bonds is 12. The molecule has 10 nitrogen and oxygen atoms in total. The van der Waals surface area contributed by atoms with Gasteiger partial charge in [-0.1, -0.05) is 78.8 Å². The molecule has 0 saturated carbocycles. The summed E-state index contributed by atoms with van der Waals surface area (Å²) in [5.41, 5.74) is -0.0587. The quantitative estimate of drug-likeness (QED) is 0.343. The van der Waals surface area contributed by atoms with Gasteiger partial charge in [0.25, 0.3) is 0 Å². The van der Waals surface area contributed by atoms with E-state index in [1.807, 2.05) is 72.0 Å². The van der Waals surface area contributed by atoms with Crippen LogP contribution in [0.4, 0.5) is 0 Å². The van der Waals surface area contributed by atoms with Crippen LogP contribution in [0.25, 0.3) is 0 Å². The number of carbonyl (C=O) groups excluding carboxylic acids is 4. The smallest absolute Gasteiger partial charge is 0.328 e. The zero-order valence-electron chi connectivity index (χ0n) is 29.2. The van der Waals surface area contributed by atoms with Gasteiger partial charge in [-0.25, -0.2) is 4.79 Å². The minimum Gasteiger partial charge on any atom is -0.467 e. The Labute approximate surface area is 270 Å². The molecule has 5 atom stereocenters. The molecule has 2 heterocycles. The fourth-order valence-electron chi connectivity index (χ4n) is 7.04. The molecular formula is C35H57N5O5. The Morgan fingerprint density at radius 2 is 1.56 bits per heavy atom. The lowest BCUT2D eigenvalue weighted by Gasteiger charge is -2.41. The Balaban J connectivity index is 1.79. The number of esters is 1. The van der Waals surface area contributed by atoms with Crippen molar-refractivity contribution in [2.45, 2.75) is 110 Å². The normalized spacial score (nSPS) is 21.4. The summed E-state index contributed by atoms with van der Waals surface area (Å²) < 4.78 is 4.97. The number of ether oxygens (including phenoxy) is 1. The highest BCUT2D eigenvalue weighted by molar-refractivity contribution is 5.91. The van der Waals surface area contributed by atoms with E-state index in [4.69, 9.17) is 4.74 Å². The lowest BCUT2D eigenvalue weighted by atomic mass is 9.76. The number of hydrogen-bond donors (Lipinski definition) is 2. The van der Waals surface area contributed by atoms with Gasteiger partial charge in [0, 0.05) is 31.6 Å². The fraction of sp³-hybridized carbons (Fsp3) is 0.714. The van der Waals surface area contributed by atoms with Crippen LogP contribution in [0.15, 0.2) is 30.3 Å².